The molecular formula is C33H42BrN3O4S. The highest BCUT2D eigenvalue weighted by Gasteiger charge is 2.31. The van der Waals surface area contributed by atoms with E-state index in [1.807, 2.05) is 94.4 Å². The Labute approximate surface area is 259 Å². The third kappa shape index (κ3) is 9.70. The van der Waals surface area contributed by atoms with E-state index in [0.717, 1.165) is 33.1 Å². The predicted octanol–water partition coefficient (Wildman–Crippen LogP) is 6.17. The molecular weight excluding hydrogens is 614 g/mol. The molecule has 0 spiro atoms. The lowest BCUT2D eigenvalue weighted by molar-refractivity contribution is -0.141. The fourth-order valence-corrected chi connectivity index (χ4v) is 5.89. The van der Waals surface area contributed by atoms with E-state index in [1.54, 1.807) is 11.0 Å². The summed E-state index contributed by atoms with van der Waals surface area (Å²) >= 11 is 3.46. The molecule has 3 aromatic rings. The highest BCUT2D eigenvalue weighted by Crippen LogP contribution is 2.23. The van der Waals surface area contributed by atoms with E-state index in [1.165, 1.54) is 10.6 Å². The molecule has 3 aromatic carbocycles. The molecule has 2 atom stereocenters. The van der Waals surface area contributed by atoms with E-state index < -0.39 is 16.1 Å². The van der Waals surface area contributed by atoms with Crippen molar-refractivity contribution < 1.29 is 18.0 Å². The normalized spacial score (nSPS) is 12.8. The van der Waals surface area contributed by atoms with Gasteiger partial charge in [0.15, 0.2) is 0 Å². The first-order chi connectivity index (χ1) is 19.9. The molecule has 0 aliphatic carbocycles. The van der Waals surface area contributed by atoms with Crippen LogP contribution in [0.3, 0.4) is 0 Å². The number of rotatable bonds is 14. The molecule has 0 fully saturated rings. The average molecular weight is 657 g/mol. The number of hydrogen-bond acceptors (Lipinski definition) is 4. The summed E-state index contributed by atoms with van der Waals surface area (Å²) in [6.07, 6.45) is 2.71. The number of benzene rings is 3. The Bertz CT molecular complexity index is 1450. The van der Waals surface area contributed by atoms with E-state index in [2.05, 4.69) is 21.2 Å². The van der Waals surface area contributed by atoms with Gasteiger partial charge in [0.05, 0.1) is 11.9 Å². The molecule has 0 unspecified atom stereocenters. The Balaban J connectivity index is 1.89. The summed E-state index contributed by atoms with van der Waals surface area (Å²) in [6, 6.07) is 22.1. The van der Waals surface area contributed by atoms with Crippen LogP contribution in [0.25, 0.3) is 0 Å². The number of halogens is 1. The van der Waals surface area contributed by atoms with Crippen molar-refractivity contribution in [3.05, 3.63) is 99.5 Å². The van der Waals surface area contributed by atoms with Gasteiger partial charge in [-0.25, -0.2) is 8.42 Å². The zero-order valence-corrected chi connectivity index (χ0v) is 27.5. The highest BCUT2D eigenvalue weighted by atomic mass is 79.9. The number of aryl methyl sites for hydroxylation is 2. The molecule has 0 aromatic heterocycles. The second-order valence-corrected chi connectivity index (χ2v) is 13.7. The van der Waals surface area contributed by atoms with Gasteiger partial charge in [0.1, 0.15) is 6.04 Å². The number of sulfonamides is 1. The SMILES string of the molecule is CC[C@H](C)NC(=O)[C@@H](Cc1ccccc1)N(Cc1ccc(Br)cc1)C(=O)CCCN(c1ccc(C)c(C)c1)S(C)(=O)=O. The number of anilines is 1. The topological polar surface area (TPSA) is 86.8 Å². The van der Waals surface area contributed by atoms with Gasteiger partial charge in [-0.3, -0.25) is 13.9 Å². The molecule has 1 N–H and O–H groups in total. The number of carbonyl (C=O) groups excluding carboxylic acids is 2. The van der Waals surface area contributed by atoms with Crippen molar-refractivity contribution in [3.8, 4) is 0 Å². The smallest absolute Gasteiger partial charge is 0.243 e. The minimum Gasteiger partial charge on any atom is -0.352 e. The van der Waals surface area contributed by atoms with Gasteiger partial charge in [0.25, 0.3) is 0 Å². The lowest BCUT2D eigenvalue weighted by Crippen LogP contribution is -2.52. The van der Waals surface area contributed by atoms with Crippen molar-refractivity contribution in [2.45, 2.75) is 72.0 Å². The minimum absolute atomic E-state index is 0.0401. The van der Waals surface area contributed by atoms with Crippen LogP contribution in [0.4, 0.5) is 5.69 Å². The second-order valence-electron chi connectivity index (χ2n) is 10.9. The first kappa shape index (κ1) is 33.3. The van der Waals surface area contributed by atoms with Crippen LogP contribution in [-0.4, -0.2) is 50.0 Å². The van der Waals surface area contributed by atoms with Gasteiger partial charge in [-0.2, -0.15) is 0 Å². The van der Waals surface area contributed by atoms with Gasteiger partial charge in [-0.05, 0) is 80.1 Å². The van der Waals surface area contributed by atoms with Gasteiger partial charge < -0.3 is 10.2 Å². The summed E-state index contributed by atoms with van der Waals surface area (Å²) in [5.41, 5.74) is 4.50. The zero-order valence-electron chi connectivity index (χ0n) is 25.1. The maximum atomic E-state index is 13.9. The molecule has 7 nitrogen and oxygen atoms in total. The van der Waals surface area contributed by atoms with Crippen molar-refractivity contribution in [3.63, 3.8) is 0 Å². The van der Waals surface area contributed by atoms with E-state index in [4.69, 9.17) is 0 Å². The Morgan fingerprint density at radius 3 is 2.19 bits per heavy atom. The molecule has 0 aliphatic rings. The van der Waals surface area contributed by atoms with E-state index in [0.29, 0.717) is 18.5 Å². The summed E-state index contributed by atoms with van der Waals surface area (Å²) < 4.78 is 27.7. The number of hydrogen-bond donors (Lipinski definition) is 1. The van der Waals surface area contributed by atoms with Crippen molar-refractivity contribution >= 4 is 43.5 Å². The second kappa shape index (κ2) is 15.3. The lowest BCUT2D eigenvalue weighted by Gasteiger charge is -2.32. The first-order valence-corrected chi connectivity index (χ1v) is 17.0. The summed E-state index contributed by atoms with van der Waals surface area (Å²) in [7, 11) is -3.57. The van der Waals surface area contributed by atoms with Crippen molar-refractivity contribution in [2.24, 2.45) is 0 Å². The van der Waals surface area contributed by atoms with Crippen LogP contribution >= 0.6 is 15.9 Å². The fourth-order valence-electron chi connectivity index (χ4n) is 4.67. The molecule has 0 aliphatic heterocycles. The number of carbonyl (C=O) groups is 2. The van der Waals surface area contributed by atoms with Crippen LogP contribution in [0.2, 0.25) is 0 Å². The lowest BCUT2D eigenvalue weighted by atomic mass is 10.0. The van der Waals surface area contributed by atoms with Gasteiger partial charge in [-0.1, -0.05) is 71.4 Å². The minimum atomic E-state index is -3.57. The van der Waals surface area contributed by atoms with Crippen molar-refractivity contribution in [1.82, 2.24) is 10.2 Å². The maximum Gasteiger partial charge on any atom is 0.243 e. The highest BCUT2D eigenvalue weighted by molar-refractivity contribution is 9.10. The van der Waals surface area contributed by atoms with Crippen LogP contribution in [0, 0.1) is 13.8 Å². The monoisotopic (exact) mass is 655 g/mol. The first-order valence-electron chi connectivity index (χ1n) is 14.3. The van der Waals surface area contributed by atoms with E-state index >= 15 is 0 Å². The van der Waals surface area contributed by atoms with Gasteiger partial charge in [-0.15, -0.1) is 0 Å². The molecule has 0 bridgehead atoms. The van der Waals surface area contributed by atoms with E-state index in [-0.39, 0.29) is 37.4 Å². The molecule has 0 radical (unpaired) electrons. The Morgan fingerprint density at radius 1 is 0.929 bits per heavy atom. The number of nitrogens with zero attached hydrogens (tertiary/aromatic N) is 2. The summed E-state index contributed by atoms with van der Waals surface area (Å²) in [4.78, 5) is 29.3. The Morgan fingerprint density at radius 2 is 1.60 bits per heavy atom. The van der Waals surface area contributed by atoms with Gasteiger partial charge in [0, 0.05) is 36.4 Å². The van der Waals surface area contributed by atoms with Crippen molar-refractivity contribution in [1.29, 1.82) is 0 Å². The molecule has 226 valence electrons. The maximum absolute atomic E-state index is 13.9. The van der Waals surface area contributed by atoms with Gasteiger partial charge >= 0.3 is 0 Å². The standard InChI is InChI=1S/C33H42BrN3O4S/c1-6-26(4)35-33(39)31(22-27-11-8-7-9-12-27)36(23-28-15-17-29(34)18-16-28)32(38)13-10-20-37(42(5,40)41)30-19-14-24(2)25(3)21-30/h7-9,11-12,14-19,21,26,31H,6,10,13,20,22-23H2,1-5H3,(H,35,39)/t26-,31+/m0/s1. The van der Waals surface area contributed by atoms with Crippen LogP contribution < -0.4 is 9.62 Å². The van der Waals surface area contributed by atoms with Crippen LogP contribution in [0.1, 0.15) is 55.4 Å². The van der Waals surface area contributed by atoms with E-state index in [9.17, 15) is 18.0 Å². The Hall–Kier alpha value is -3.17. The Kier molecular flexibility index (Phi) is 12.2. The van der Waals surface area contributed by atoms with Gasteiger partial charge in [0.2, 0.25) is 21.8 Å². The predicted molar refractivity (Wildman–Crippen MR) is 174 cm³/mol. The van der Waals surface area contributed by atoms with Crippen LogP contribution in [0.5, 0.6) is 0 Å². The quantitative estimate of drug-likeness (QED) is 0.225. The third-order valence-corrected chi connectivity index (χ3v) is 9.19. The fraction of sp³-hybridized carbons (Fsp3) is 0.394. The summed E-state index contributed by atoms with van der Waals surface area (Å²) in [6.45, 7) is 8.29. The van der Waals surface area contributed by atoms with Crippen LogP contribution in [0.15, 0.2) is 77.3 Å². The number of amides is 2. The molecule has 0 heterocycles. The molecule has 9 heteroatoms. The third-order valence-electron chi connectivity index (χ3n) is 7.47. The molecule has 42 heavy (non-hydrogen) atoms. The molecule has 3 rings (SSSR count). The van der Waals surface area contributed by atoms with Crippen molar-refractivity contribution in [2.75, 3.05) is 17.1 Å². The largest absolute Gasteiger partial charge is 0.352 e. The zero-order chi connectivity index (χ0) is 30.9. The van der Waals surface area contributed by atoms with Crippen LogP contribution in [-0.2, 0) is 32.6 Å². The average Bonchev–Trinajstić information content (AvgIpc) is 2.95. The summed E-state index contributed by atoms with van der Waals surface area (Å²) in [5.74, 6) is -0.404. The molecule has 0 saturated heterocycles. The summed E-state index contributed by atoms with van der Waals surface area (Å²) in [5, 5.41) is 3.08. The molecule has 0 saturated carbocycles. The number of nitrogens with one attached hydrogen (secondary N) is 1. The molecule has 2 amide bonds.